The molecule has 1 aromatic carbocycles. The van der Waals surface area contributed by atoms with Crippen LogP contribution >= 0.6 is 0 Å². The minimum absolute atomic E-state index is 0.0802. The summed E-state index contributed by atoms with van der Waals surface area (Å²) in [5, 5.41) is 50.3. The summed E-state index contributed by atoms with van der Waals surface area (Å²) in [7, 11) is 0. The van der Waals surface area contributed by atoms with Gasteiger partial charge in [0, 0.05) is 63.4 Å². The SMILES string of the molecule is C=C(C)C(=O)OCC(O)Cc1c(CNCC(O)COCC(CC)CCCC)ccc(CNCC(O)COCC(CC)CCCC)c1CC(O)COC(=O)C(=C)C. The maximum Gasteiger partial charge on any atom is 0.333 e. The van der Waals surface area contributed by atoms with E-state index < -0.39 is 36.4 Å². The van der Waals surface area contributed by atoms with E-state index in [0.717, 1.165) is 73.6 Å². The first kappa shape index (κ1) is 51.3. The zero-order chi connectivity index (χ0) is 41.9. The molecule has 0 aromatic heterocycles. The maximum absolute atomic E-state index is 12.1. The van der Waals surface area contributed by atoms with E-state index in [4.69, 9.17) is 18.9 Å². The van der Waals surface area contributed by atoms with Gasteiger partial charge in [-0.2, -0.15) is 0 Å². The highest BCUT2D eigenvalue weighted by Gasteiger charge is 2.22. The summed E-state index contributed by atoms with van der Waals surface area (Å²) < 4.78 is 22.2. The molecule has 1 aromatic rings. The van der Waals surface area contributed by atoms with Gasteiger partial charge in [0.15, 0.2) is 0 Å². The molecule has 6 unspecified atom stereocenters. The molecule has 12 nitrogen and oxygen atoms in total. The number of esters is 2. The molecule has 0 amide bonds. The lowest BCUT2D eigenvalue weighted by molar-refractivity contribution is -0.142. The Bertz CT molecular complexity index is 1180. The van der Waals surface area contributed by atoms with Crippen LogP contribution in [0.2, 0.25) is 0 Å². The van der Waals surface area contributed by atoms with E-state index in [9.17, 15) is 30.0 Å². The van der Waals surface area contributed by atoms with Crippen molar-refractivity contribution in [2.24, 2.45) is 11.8 Å². The molecule has 1 rings (SSSR count). The zero-order valence-corrected chi connectivity index (χ0v) is 35.4. The summed E-state index contributed by atoms with van der Waals surface area (Å²) in [5.41, 5.74) is 3.48. The Labute approximate surface area is 337 Å². The Morgan fingerprint density at radius 3 is 1.30 bits per heavy atom. The predicted molar refractivity (Wildman–Crippen MR) is 221 cm³/mol. The highest BCUT2D eigenvalue weighted by molar-refractivity contribution is 5.87. The average Bonchev–Trinajstić information content (AvgIpc) is 3.17. The van der Waals surface area contributed by atoms with Gasteiger partial charge < -0.3 is 50.0 Å². The van der Waals surface area contributed by atoms with E-state index >= 15 is 0 Å². The van der Waals surface area contributed by atoms with E-state index in [-0.39, 0.29) is 63.5 Å². The summed E-state index contributed by atoms with van der Waals surface area (Å²) in [5.74, 6) is -0.288. The molecular formula is C44H76N2O10. The van der Waals surface area contributed by atoms with Gasteiger partial charge in [0.1, 0.15) is 13.2 Å². The number of aliphatic hydroxyl groups excluding tert-OH is 4. The predicted octanol–water partition coefficient (Wildman–Crippen LogP) is 5.10. The van der Waals surface area contributed by atoms with Crippen molar-refractivity contribution in [3.8, 4) is 0 Å². The van der Waals surface area contributed by atoms with Crippen LogP contribution in [0.1, 0.15) is 115 Å². The molecule has 0 aliphatic carbocycles. The quantitative estimate of drug-likeness (QED) is 0.0403. The van der Waals surface area contributed by atoms with Crippen LogP contribution < -0.4 is 10.6 Å². The summed E-state index contributed by atoms with van der Waals surface area (Å²) in [6.07, 6.45) is 5.38. The van der Waals surface area contributed by atoms with E-state index in [1.165, 1.54) is 13.8 Å². The van der Waals surface area contributed by atoms with Crippen molar-refractivity contribution >= 4 is 11.9 Å². The Hall–Kier alpha value is -2.68. The smallest absolute Gasteiger partial charge is 0.333 e. The maximum atomic E-state index is 12.1. The van der Waals surface area contributed by atoms with Crippen LogP contribution in [0.25, 0.3) is 0 Å². The van der Waals surface area contributed by atoms with Gasteiger partial charge in [-0.1, -0.05) is 91.5 Å². The molecule has 0 radical (unpaired) electrons. The number of carbonyl (C=O) groups excluding carboxylic acids is 2. The summed E-state index contributed by atoms with van der Waals surface area (Å²) in [6, 6.07) is 3.85. The van der Waals surface area contributed by atoms with Gasteiger partial charge in [0.2, 0.25) is 0 Å². The van der Waals surface area contributed by atoms with Crippen molar-refractivity contribution in [1.82, 2.24) is 10.6 Å². The highest BCUT2D eigenvalue weighted by Crippen LogP contribution is 2.25. The number of hydrogen-bond donors (Lipinski definition) is 6. The highest BCUT2D eigenvalue weighted by atomic mass is 16.5. The molecule has 0 heterocycles. The van der Waals surface area contributed by atoms with Crippen LogP contribution in [0.4, 0.5) is 0 Å². The zero-order valence-electron chi connectivity index (χ0n) is 35.4. The van der Waals surface area contributed by atoms with Crippen molar-refractivity contribution in [2.75, 3.05) is 52.7 Å². The third-order valence-corrected chi connectivity index (χ3v) is 9.82. The second-order valence-electron chi connectivity index (χ2n) is 15.3. The van der Waals surface area contributed by atoms with Gasteiger partial charge in [-0.05, 0) is 60.8 Å². The first-order chi connectivity index (χ1) is 26.8. The molecule has 6 atom stereocenters. The molecule has 0 aliphatic heterocycles. The standard InChI is InChI=1S/C44H76N2O10/c1-9-13-15-33(11-3)25-53-27-39(49)23-45-21-35-17-18-36(22-46-24-40(50)28-54-26-34(12-4)16-14-10-2)42(20-38(48)30-56-44(52)32(7)8)41(35)19-37(47)29-55-43(51)31(5)6/h17-18,33-34,37-40,45-50H,5,7,9-16,19-30H2,1-4,6,8H3. The van der Waals surface area contributed by atoms with Gasteiger partial charge in [-0.25, -0.2) is 9.59 Å². The molecular weight excluding hydrogens is 716 g/mol. The van der Waals surface area contributed by atoms with Crippen LogP contribution in [0.5, 0.6) is 0 Å². The van der Waals surface area contributed by atoms with Gasteiger partial charge in [0.05, 0.1) is 37.6 Å². The Balaban J connectivity index is 3.24. The summed E-state index contributed by atoms with van der Waals surface area (Å²) >= 11 is 0. The van der Waals surface area contributed by atoms with Gasteiger partial charge >= 0.3 is 11.9 Å². The largest absolute Gasteiger partial charge is 0.460 e. The first-order valence-corrected chi connectivity index (χ1v) is 20.8. The molecule has 0 spiro atoms. The number of unbranched alkanes of at least 4 members (excludes halogenated alkanes) is 2. The third-order valence-electron chi connectivity index (χ3n) is 9.82. The van der Waals surface area contributed by atoms with Crippen molar-refractivity contribution in [1.29, 1.82) is 0 Å². The number of nitrogens with one attached hydrogen (secondary N) is 2. The number of rotatable bonds is 34. The molecule has 0 saturated carbocycles. The van der Waals surface area contributed by atoms with E-state index in [1.54, 1.807) is 0 Å². The molecule has 322 valence electrons. The monoisotopic (exact) mass is 793 g/mol. The molecule has 0 bridgehead atoms. The Kier molecular flexibility index (Phi) is 27.9. The van der Waals surface area contributed by atoms with Crippen molar-refractivity contribution < 1.29 is 49.0 Å². The average molecular weight is 793 g/mol. The lowest BCUT2D eigenvalue weighted by atomic mass is 9.88. The number of carbonyl (C=O) groups is 2. The summed E-state index contributed by atoms with van der Waals surface area (Å²) in [4.78, 5) is 24.2. The molecule has 0 aliphatic rings. The fourth-order valence-corrected chi connectivity index (χ4v) is 6.21. The van der Waals surface area contributed by atoms with Crippen LogP contribution in [0.15, 0.2) is 36.4 Å². The number of aliphatic hydroxyl groups is 4. The second kappa shape index (κ2) is 30.4. The van der Waals surface area contributed by atoms with Gasteiger partial charge in [-0.15, -0.1) is 0 Å². The second-order valence-corrected chi connectivity index (χ2v) is 15.3. The van der Waals surface area contributed by atoms with Crippen molar-refractivity contribution in [2.45, 2.75) is 143 Å². The van der Waals surface area contributed by atoms with E-state index in [0.29, 0.717) is 38.1 Å². The number of hydrogen-bond acceptors (Lipinski definition) is 12. The van der Waals surface area contributed by atoms with E-state index in [2.05, 4.69) is 51.5 Å². The van der Waals surface area contributed by atoms with Crippen molar-refractivity contribution in [3.63, 3.8) is 0 Å². The van der Waals surface area contributed by atoms with Crippen LogP contribution in [0, 0.1) is 11.8 Å². The van der Waals surface area contributed by atoms with Gasteiger partial charge in [0.25, 0.3) is 0 Å². The fourth-order valence-electron chi connectivity index (χ4n) is 6.21. The normalized spacial score (nSPS) is 14.8. The Morgan fingerprint density at radius 2 is 0.982 bits per heavy atom. The van der Waals surface area contributed by atoms with Crippen molar-refractivity contribution in [3.05, 3.63) is 58.7 Å². The Morgan fingerprint density at radius 1 is 0.607 bits per heavy atom. The van der Waals surface area contributed by atoms with Crippen LogP contribution in [0.3, 0.4) is 0 Å². The topological polar surface area (TPSA) is 176 Å². The minimum Gasteiger partial charge on any atom is -0.460 e. The first-order valence-electron chi connectivity index (χ1n) is 20.8. The third kappa shape index (κ3) is 22.3. The molecule has 0 saturated heterocycles. The van der Waals surface area contributed by atoms with Gasteiger partial charge in [-0.3, -0.25) is 0 Å². The number of ether oxygens (including phenoxy) is 4. The molecule has 6 N–H and O–H groups in total. The fraction of sp³-hybridized carbons (Fsp3) is 0.727. The lowest BCUT2D eigenvalue weighted by Crippen LogP contribution is -2.32. The van der Waals surface area contributed by atoms with Crippen LogP contribution in [-0.2, 0) is 54.5 Å². The van der Waals surface area contributed by atoms with Crippen LogP contribution in [-0.4, -0.2) is 110 Å². The molecule has 56 heavy (non-hydrogen) atoms. The summed E-state index contributed by atoms with van der Waals surface area (Å²) in [6.45, 7) is 21.2. The van der Waals surface area contributed by atoms with E-state index in [1.807, 2.05) is 12.1 Å². The lowest BCUT2D eigenvalue weighted by Gasteiger charge is -2.24. The number of benzene rings is 1. The molecule has 12 heteroatoms. The molecule has 0 fully saturated rings. The minimum atomic E-state index is -1.08.